The van der Waals surface area contributed by atoms with E-state index in [1.54, 1.807) is 0 Å². The number of hydrogen-bond acceptors (Lipinski definition) is 4. The molecule has 1 atom stereocenters. The van der Waals surface area contributed by atoms with Crippen LogP contribution in [0.2, 0.25) is 0 Å². The molecule has 0 aromatic carbocycles. The molecule has 0 spiro atoms. The molecule has 17 heavy (non-hydrogen) atoms. The van der Waals surface area contributed by atoms with E-state index in [1.165, 1.54) is 38.2 Å². The van der Waals surface area contributed by atoms with Gasteiger partial charge in [-0.1, -0.05) is 6.92 Å². The highest BCUT2D eigenvalue weighted by atomic mass is 32.2. The minimum Gasteiger partial charge on any atom is -0.382 e. The Balaban J connectivity index is 1.83. The van der Waals surface area contributed by atoms with Crippen LogP contribution in [0.3, 0.4) is 0 Å². The Morgan fingerprint density at radius 3 is 3.00 bits per heavy atom. The monoisotopic (exact) mass is 260 g/mol. The first-order valence-corrected chi connectivity index (χ1v) is 8.00. The normalized spacial score (nSPS) is 21.9. The maximum absolute atomic E-state index is 5.31. The number of hydrogen-bond donors (Lipinski definition) is 1. The summed E-state index contributed by atoms with van der Waals surface area (Å²) in [4.78, 5) is 2.58. The molecule has 0 bridgehead atoms. The largest absolute Gasteiger partial charge is 0.382 e. The SMILES string of the molecule is CCOCCCCNCCN1CCSC(C)C1. The van der Waals surface area contributed by atoms with Crippen molar-refractivity contribution in [2.75, 3.05) is 51.7 Å². The lowest BCUT2D eigenvalue weighted by atomic mass is 10.3. The maximum atomic E-state index is 5.31. The van der Waals surface area contributed by atoms with Gasteiger partial charge in [-0.3, -0.25) is 0 Å². The van der Waals surface area contributed by atoms with Gasteiger partial charge in [0.05, 0.1) is 0 Å². The van der Waals surface area contributed by atoms with Gasteiger partial charge in [-0.05, 0) is 26.3 Å². The standard InChI is InChI=1S/C13H28N2OS/c1-3-16-10-5-4-6-14-7-8-15-9-11-17-13(2)12-15/h13-14H,3-12H2,1-2H3. The molecule has 3 nitrogen and oxygen atoms in total. The van der Waals surface area contributed by atoms with Crippen molar-refractivity contribution in [1.82, 2.24) is 10.2 Å². The van der Waals surface area contributed by atoms with Crippen LogP contribution in [0.15, 0.2) is 0 Å². The highest BCUT2D eigenvalue weighted by molar-refractivity contribution is 7.99. The molecule has 4 heteroatoms. The predicted molar refractivity (Wildman–Crippen MR) is 77.0 cm³/mol. The molecule has 0 radical (unpaired) electrons. The molecular weight excluding hydrogens is 232 g/mol. The number of unbranched alkanes of at least 4 members (excludes halogenated alkanes) is 1. The lowest BCUT2D eigenvalue weighted by Gasteiger charge is -2.30. The molecule has 0 amide bonds. The summed E-state index contributed by atoms with van der Waals surface area (Å²) in [5.41, 5.74) is 0. The number of rotatable bonds is 9. The van der Waals surface area contributed by atoms with Gasteiger partial charge in [-0.2, -0.15) is 11.8 Å². The van der Waals surface area contributed by atoms with Gasteiger partial charge < -0.3 is 15.0 Å². The molecular formula is C13H28N2OS. The van der Waals surface area contributed by atoms with E-state index in [1.807, 2.05) is 0 Å². The Labute approximate surface area is 111 Å². The van der Waals surface area contributed by atoms with Gasteiger partial charge in [0.15, 0.2) is 0 Å². The smallest absolute Gasteiger partial charge is 0.0466 e. The maximum Gasteiger partial charge on any atom is 0.0466 e. The quantitative estimate of drug-likeness (QED) is 0.639. The van der Waals surface area contributed by atoms with Gasteiger partial charge >= 0.3 is 0 Å². The van der Waals surface area contributed by atoms with Crippen LogP contribution in [0.1, 0.15) is 26.7 Å². The third kappa shape index (κ3) is 8.03. The second kappa shape index (κ2) is 10.2. The highest BCUT2D eigenvalue weighted by Gasteiger charge is 2.15. The Kier molecular flexibility index (Phi) is 9.16. The summed E-state index contributed by atoms with van der Waals surface area (Å²) in [5, 5.41) is 4.34. The fourth-order valence-electron chi connectivity index (χ4n) is 2.05. The van der Waals surface area contributed by atoms with Crippen molar-refractivity contribution in [2.45, 2.75) is 31.9 Å². The van der Waals surface area contributed by atoms with Crippen LogP contribution >= 0.6 is 11.8 Å². The van der Waals surface area contributed by atoms with Crippen molar-refractivity contribution in [1.29, 1.82) is 0 Å². The van der Waals surface area contributed by atoms with Crippen molar-refractivity contribution >= 4 is 11.8 Å². The van der Waals surface area contributed by atoms with Crippen LogP contribution in [-0.4, -0.2) is 61.8 Å². The summed E-state index contributed by atoms with van der Waals surface area (Å²) >= 11 is 2.10. The van der Waals surface area contributed by atoms with Crippen molar-refractivity contribution < 1.29 is 4.74 Å². The third-order valence-corrected chi connectivity index (χ3v) is 4.16. The van der Waals surface area contributed by atoms with E-state index in [4.69, 9.17) is 4.74 Å². The Morgan fingerprint density at radius 2 is 2.24 bits per heavy atom. The van der Waals surface area contributed by atoms with Crippen molar-refractivity contribution in [3.8, 4) is 0 Å². The van der Waals surface area contributed by atoms with Crippen LogP contribution in [0.25, 0.3) is 0 Å². The topological polar surface area (TPSA) is 24.5 Å². The molecule has 1 rings (SSSR count). The van der Waals surface area contributed by atoms with Gasteiger partial charge in [0.2, 0.25) is 0 Å². The minimum absolute atomic E-state index is 0.815. The summed E-state index contributed by atoms with van der Waals surface area (Å²) in [6.07, 6.45) is 2.41. The van der Waals surface area contributed by atoms with Crippen LogP contribution in [-0.2, 0) is 4.74 Å². The Hall–Kier alpha value is 0.230. The van der Waals surface area contributed by atoms with E-state index in [-0.39, 0.29) is 0 Å². The van der Waals surface area contributed by atoms with Crippen molar-refractivity contribution in [2.24, 2.45) is 0 Å². The highest BCUT2D eigenvalue weighted by Crippen LogP contribution is 2.16. The third-order valence-electron chi connectivity index (χ3n) is 3.03. The molecule has 102 valence electrons. The number of nitrogens with one attached hydrogen (secondary N) is 1. The second-order valence-corrected chi connectivity index (χ2v) is 6.18. The lowest BCUT2D eigenvalue weighted by molar-refractivity contribution is 0.143. The van der Waals surface area contributed by atoms with Gasteiger partial charge in [0.25, 0.3) is 0 Å². The molecule has 0 saturated carbocycles. The van der Waals surface area contributed by atoms with Gasteiger partial charge in [0, 0.05) is 50.4 Å². The molecule has 1 fully saturated rings. The van der Waals surface area contributed by atoms with E-state index in [9.17, 15) is 0 Å². The zero-order valence-corrected chi connectivity index (χ0v) is 12.2. The molecule has 1 heterocycles. The van der Waals surface area contributed by atoms with Gasteiger partial charge in [0.1, 0.15) is 0 Å². The first-order chi connectivity index (χ1) is 8.33. The number of ether oxygens (including phenoxy) is 1. The average molecular weight is 260 g/mol. The van der Waals surface area contributed by atoms with E-state index < -0.39 is 0 Å². The van der Waals surface area contributed by atoms with Crippen LogP contribution < -0.4 is 5.32 Å². The zero-order chi connectivity index (χ0) is 12.3. The summed E-state index contributed by atoms with van der Waals surface area (Å²) in [6, 6.07) is 0. The fraction of sp³-hybridized carbons (Fsp3) is 1.00. The molecule has 1 saturated heterocycles. The first-order valence-electron chi connectivity index (χ1n) is 6.95. The van der Waals surface area contributed by atoms with Crippen LogP contribution in [0, 0.1) is 0 Å². The second-order valence-electron chi connectivity index (χ2n) is 4.64. The van der Waals surface area contributed by atoms with Crippen molar-refractivity contribution in [3.05, 3.63) is 0 Å². The Bertz CT molecular complexity index is 181. The van der Waals surface area contributed by atoms with E-state index in [0.717, 1.165) is 31.6 Å². The molecule has 1 aliphatic rings. The molecule has 1 unspecified atom stereocenters. The average Bonchev–Trinajstić information content (AvgIpc) is 2.33. The van der Waals surface area contributed by atoms with Gasteiger partial charge in [-0.25, -0.2) is 0 Å². The Morgan fingerprint density at radius 1 is 1.35 bits per heavy atom. The zero-order valence-electron chi connectivity index (χ0n) is 11.4. The van der Waals surface area contributed by atoms with E-state index in [0.29, 0.717) is 0 Å². The van der Waals surface area contributed by atoms with Crippen LogP contribution in [0.5, 0.6) is 0 Å². The van der Waals surface area contributed by atoms with E-state index >= 15 is 0 Å². The first kappa shape index (κ1) is 15.3. The summed E-state index contributed by atoms with van der Waals surface area (Å²) in [5.74, 6) is 1.30. The molecule has 1 N–H and O–H groups in total. The van der Waals surface area contributed by atoms with Crippen LogP contribution in [0.4, 0.5) is 0 Å². The molecule has 0 aromatic rings. The van der Waals surface area contributed by atoms with Gasteiger partial charge in [-0.15, -0.1) is 0 Å². The predicted octanol–water partition coefficient (Wildman–Crippen LogP) is 1.83. The summed E-state index contributed by atoms with van der Waals surface area (Å²) < 4.78 is 5.31. The number of thioether (sulfide) groups is 1. The molecule has 0 aromatic heterocycles. The fourth-order valence-corrected chi connectivity index (χ4v) is 3.14. The van der Waals surface area contributed by atoms with Crippen molar-refractivity contribution in [3.63, 3.8) is 0 Å². The lowest BCUT2D eigenvalue weighted by Crippen LogP contribution is -2.40. The van der Waals surface area contributed by atoms with E-state index in [2.05, 4.69) is 35.8 Å². The summed E-state index contributed by atoms with van der Waals surface area (Å²) in [6.45, 7) is 12.1. The molecule has 0 aliphatic carbocycles. The number of nitrogens with zero attached hydrogens (tertiary/aromatic N) is 1. The summed E-state index contributed by atoms with van der Waals surface area (Å²) in [7, 11) is 0. The molecule has 1 aliphatic heterocycles. The minimum atomic E-state index is 0.815.